The lowest BCUT2D eigenvalue weighted by Crippen LogP contribution is -2.20. The Morgan fingerprint density at radius 2 is 1.96 bits per heavy atom. The van der Waals surface area contributed by atoms with Crippen molar-refractivity contribution in [3.63, 3.8) is 0 Å². The fraction of sp³-hybridized carbons (Fsp3) is 0.235. The molecule has 2 rings (SSSR count). The summed E-state index contributed by atoms with van der Waals surface area (Å²) in [5.41, 5.74) is 0.824. The first-order valence-electron chi connectivity index (χ1n) is 7.47. The predicted octanol–water partition coefficient (Wildman–Crippen LogP) is 3.17. The number of benzene rings is 2. The van der Waals surface area contributed by atoms with Gasteiger partial charge in [0.1, 0.15) is 11.5 Å². The first-order valence-corrected chi connectivity index (χ1v) is 9.50. The van der Waals surface area contributed by atoms with Gasteiger partial charge < -0.3 is 15.2 Å². The highest BCUT2D eigenvalue weighted by atomic mass is 35.5. The molecule has 0 aromatic heterocycles. The smallest absolute Gasteiger partial charge is 0.262 e. The number of carbonyl (C=O) groups excluding carboxylic acids is 1. The van der Waals surface area contributed by atoms with E-state index in [2.05, 4.69) is 5.32 Å². The maximum Gasteiger partial charge on any atom is 0.262 e. The number of nitrogens with one attached hydrogen (secondary N) is 1. The maximum absolute atomic E-state index is 12.0. The summed E-state index contributed by atoms with van der Waals surface area (Å²) >= 11 is 5.92. The van der Waals surface area contributed by atoms with Crippen LogP contribution in [0.15, 0.2) is 41.3 Å². The number of halogens is 1. The molecule has 0 unspecified atom stereocenters. The van der Waals surface area contributed by atoms with Crippen molar-refractivity contribution in [1.29, 1.82) is 0 Å². The minimum atomic E-state index is -3.44. The third-order valence-electron chi connectivity index (χ3n) is 3.48. The molecule has 0 aliphatic rings. The lowest BCUT2D eigenvalue weighted by molar-refractivity contribution is -0.118. The second-order valence-corrected chi connectivity index (χ2v) is 8.02. The van der Waals surface area contributed by atoms with Crippen LogP contribution in [0.3, 0.4) is 0 Å². The maximum atomic E-state index is 12.0. The summed E-state index contributed by atoms with van der Waals surface area (Å²) in [5.74, 6) is -0.368. The van der Waals surface area contributed by atoms with Crippen LogP contribution in [0.5, 0.6) is 11.5 Å². The van der Waals surface area contributed by atoms with E-state index in [-0.39, 0.29) is 28.7 Å². The van der Waals surface area contributed by atoms with Crippen molar-refractivity contribution in [2.75, 3.05) is 17.7 Å². The van der Waals surface area contributed by atoms with Crippen molar-refractivity contribution in [2.24, 2.45) is 0 Å². The molecule has 134 valence electrons. The minimum absolute atomic E-state index is 0.00964. The van der Waals surface area contributed by atoms with Crippen LogP contribution in [0.2, 0.25) is 5.02 Å². The number of hydrogen-bond acceptors (Lipinski definition) is 5. The van der Waals surface area contributed by atoms with Crippen molar-refractivity contribution in [3.05, 3.63) is 47.0 Å². The molecule has 2 aromatic carbocycles. The number of hydrogen-bond donors (Lipinski definition) is 2. The number of ether oxygens (including phenoxy) is 1. The van der Waals surface area contributed by atoms with Crippen molar-refractivity contribution in [2.45, 2.75) is 18.7 Å². The van der Waals surface area contributed by atoms with Gasteiger partial charge in [0.25, 0.3) is 5.91 Å². The number of phenolic OH excluding ortho intramolecular Hbond substituents is 1. The molecule has 0 heterocycles. The fourth-order valence-corrected chi connectivity index (χ4v) is 3.04. The molecule has 0 bridgehead atoms. The lowest BCUT2D eigenvalue weighted by Gasteiger charge is -2.11. The number of anilines is 1. The van der Waals surface area contributed by atoms with Crippen molar-refractivity contribution < 1.29 is 23.1 Å². The van der Waals surface area contributed by atoms with Crippen LogP contribution >= 0.6 is 11.6 Å². The summed E-state index contributed by atoms with van der Waals surface area (Å²) in [4.78, 5) is 12.0. The SMILES string of the molecule is CCS(=O)(=O)c1ccc(O)c(NC(=O)COc2ccc(Cl)c(C)c2)c1. The molecule has 0 aliphatic carbocycles. The molecule has 8 heteroatoms. The Kier molecular flexibility index (Phi) is 5.92. The van der Waals surface area contributed by atoms with E-state index in [1.54, 1.807) is 18.2 Å². The van der Waals surface area contributed by atoms with Crippen LogP contribution in [0.4, 0.5) is 5.69 Å². The van der Waals surface area contributed by atoms with Gasteiger partial charge in [0.2, 0.25) is 0 Å². The topological polar surface area (TPSA) is 92.7 Å². The number of rotatable bonds is 6. The largest absolute Gasteiger partial charge is 0.506 e. The monoisotopic (exact) mass is 383 g/mol. The van der Waals surface area contributed by atoms with Crippen molar-refractivity contribution >= 4 is 33.0 Å². The molecule has 0 atom stereocenters. The molecule has 0 spiro atoms. The van der Waals surface area contributed by atoms with Crippen LogP contribution in [0.1, 0.15) is 12.5 Å². The quantitative estimate of drug-likeness (QED) is 0.747. The van der Waals surface area contributed by atoms with Crippen LogP contribution < -0.4 is 10.1 Å². The second-order valence-electron chi connectivity index (χ2n) is 5.33. The normalized spacial score (nSPS) is 11.2. The molecule has 0 saturated heterocycles. The molecule has 2 aromatic rings. The fourth-order valence-electron chi connectivity index (χ4n) is 2.02. The van der Waals surface area contributed by atoms with E-state index < -0.39 is 15.7 Å². The molecule has 0 fully saturated rings. The number of aryl methyl sites for hydroxylation is 1. The standard InChI is InChI=1S/C17H18ClNO5S/c1-3-25(22,23)13-5-7-16(20)15(9-13)19-17(21)10-24-12-4-6-14(18)11(2)8-12/h4-9,20H,3,10H2,1-2H3,(H,19,21). The van der Waals surface area contributed by atoms with Crippen molar-refractivity contribution in [1.82, 2.24) is 0 Å². The number of phenols is 1. The minimum Gasteiger partial charge on any atom is -0.506 e. The van der Waals surface area contributed by atoms with E-state index >= 15 is 0 Å². The van der Waals surface area contributed by atoms with Gasteiger partial charge in [0.15, 0.2) is 16.4 Å². The Hall–Kier alpha value is -2.25. The third kappa shape index (κ3) is 4.87. The van der Waals surface area contributed by atoms with Gasteiger partial charge in [-0.2, -0.15) is 0 Å². The number of carbonyl (C=O) groups is 1. The zero-order valence-electron chi connectivity index (χ0n) is 13.7. The van der Waals surface area contributed by atoms with Crippen LogP contribution in [0.25, 0.3) is 0 Å². The lowest BCUT2D eigenvalue weighted by atomic mass is 10.2. The van der Waals surface area contributed by atoms with Gasteiger partial charge in [0.05, 0.1) is 16.3 Å². The average Bonchev–Trinajstić information content (AvgIpc) is 2.57. The predicted molar refractivity (Wildman–Crippen MR) is 96.1 cm³/mol. The van der Waals surface area contributed by atoms with E-state index in [1.165, 1.54) is 25.1 Å². The Labute approximate surface area is 151 Å². The first-order chi connectivity index (χ1) is 11.7. The Bertz CT molecular complexity index is 896. The van der Waals surface area contributed by atoms with Gasteiger partial charge in [-0.15, -0.1) is 0 Å². The van der Waals surface area contributed by atoms with E-state index in [1.807, 2.05) is 6.92 Å². The number of aromatic hydroxyl groups is 1. The first kappa shape index (κ1) is 19.1. The van der Waals surface area contributed by atoms with E-state index in [0.717, 1.165) is 5.56 Å². The molecule has 1 amide bonds. The zero-order chi connectivity index (χ0) is 18.6. The van der Waals surface area contributed by atoms with E-state index in [0.29, 0.717) is 10.8 Å². The van der Waals surface area contributed by atoms with E-state index in [9.17, 15) is 18.3 Å². The van der Waals surface area contributed by atoms with Crippen molar-refractivity contribution in [3.8, 4) is 11.5 Å². The molecular weight excluding hydrogens is 366 g/mol. The summed E-state index contributed by atoms with van der Waals surface area (Å²) < 4.78 is 29.1. The molecule has 6 nitrogen and oxygen atoms in total. The summed E-state index contributed by atoms with van der Waals surface area (Å²) in [6, 6.07) is 8.72. The Morgan fingerprint density at radius 1 is 1.24 bits per heavy atom. The Morgan fingerprint density at radius 3 is 2.60 bits per heavy atom. The second kappa shape index (κ2) is 7.76. The molecule has 0 radical (unpaired) electrons. The van der Waals surface area contributed by atoms with Gasteiger partial charge in [-0.3, -0.25) is 4.79 Å². The highest BCUT2D eigenvalue weighted by Crippen LogP contribution is 2.27. The Balaban J connectivity index is 2.07. The summed E-state index contributed by atoms with van der Waals surface area (Å²) in [6.07, 6.45) is 0. The zero-order valence-corrected chi connectivity index (χ0v) is 15.3. The number of amides is 1. The highest BCUT2D eigenvalue weighted by Gasteiger charge is 2.15. The number of sulfone groups is 1. The third-order valence-corrected chi connectivity index (χ3v) is 5.64. The molecule has 25 heavy (non-hydrogen) atoms. The van der Waals surface area contributed by atoms with Crippen LogP contribution in [0, 0.1) is 6.92 Å². The molecule has 0 aliphatic heterocycles. The molecule has 0 saturated carbocycles. The summed E-state index contributed by atoms with van der Waals surface area (Å²) in [7, 11) is -3.44. The summed E-state index contributed by atoms with van der Waals surface area (Å²) in [5, 5.41) is 12.8. The van der Waals surface area contributed by atoms with Gasteiger partial charge in [-0.25, -0.2) is 8.42 Å². The van der Waals surface area contributed by atoms with Gasteiger partial charge in [0, 0.05) is 5.02 Å². The molecular formula is C17H18ClNO5S. The van der Waals surface area contributed by atoms with Gasteiger partial charge in [-0.05, 0) is 48.9 Å². The van der Waals surface area contributed by atoms with E-state index in [4.69, 9.17) is 16.3 Å². The molecule has 2 N–H and O–H groups in total. The average molecular weight is 384 g/mol. The van der Waals surface area contributed by atoms with Gasteiger partial charge in [-0.1, -0.05) is 18.5 Å². The summed E-state index contributed by atoms with van der Waals surface area (Å²) in [6.45, 7) is 3.03. The van der Waals surface area contributed by atoms with Gasteiger partial charge >= 0.3 is 0 Å². The highest BCUT2D eigenvalue weighted by molar-refractivity contribution is 7.91. The van der Waals surface area contributed by atoms with Crippen LogP contribution in [-0.2, 0) is 14.6 Å². The van der Waals surface area contributed by atoms with Crippen LogP contribution in [-0.4, -0.2) is 31.8 Å².